The third-order valence-electron chi connectivity index (χ3n) is 10.9. The third-order valence-corrected chi connectivity index (χ3v) is 20.9. The molecule has 3 aromatic rings. The van der Waals surface area contributed by atoms with E-state index in [1.54, 1.807) is 48.7 Å². The number of amides is 2. The molecule has 270 valence electrons. The second-order valence-electron chi connectivity index (χ2n) is 16.6. The summed E-state index contributed by atoms with van der Waals surface area (Å²) in [6, 6.07) is 20.1. The van der Waals surface area contributed by atoms with Crippen molar-refractivity contribution in [3.8, 4) is 5.75 Å². The number of fused-ring (bicyclic) bond motifs is 2. The van der Waals surface area contributed by atoms with Gasteiger partial charge in [-0.25, -0.2) is 9.86 Å². The highest BCUT2D eigenvalue weighted by Gasteiger charge is 2.66. The molecule has 0 aliphatic carbocycles. The summed E-state index contributed by atoms with van der Waals surface area (Å²) >= 11 is 0. The van der Waals surface area contributed by atoms with Crippen molar-refractivity contribution in [2.75, 3.05) is 18.5 Å². The number of hydrogen-bond donors (Lipinski definition) is 1. The number of para-hydroxylation sites is 1. The predicted octanol–water partition coefficient (Wildman–Crippen LogP) is 6.88. The summed E-state index contributed by atoms with van der Waals surface area (Å²) < 4.78 is 21.5. The molecule has 2 aliphatic heterocycles. The number of carbonyl (C=O) groups is 2. The van der Waals surface area contributed by atoms with Crippen LogP contribution in [0.5, 0.6) is 5.75 Å². The number of hydroxylamine groups is 2. The first-order valence-electron chi connectivity index (χ1n) is 17.2. The van der Waals surface area contributed by atoms with Crippen molar-refractivity contribution in [3.05, 3.63) is 89.0 Å². The van der Waals surface area contributed by atoms with Crippen LogP contribution in [0.15, 0.2) is 77.7 Å². The van der Waals surface area contributed by atoms with Gasteiger partial charge in [0, 0.05) is 11.8 Å². The third kappa shape index (κ3) is 7.81. The van der Waals surface area contributed by atoms with Crippen LogP contribution < -0.4 is 15.7 Å². The molecular weight excluding hydrogens is 669 g/mol. The fourth-order valence-electron chi connectivity index (χ4n) is 5.92. The lowest BCUT2D eigenvalue weighted by atomic mass is 9.95. The summed E-state index contributed by atoms with van der Waals surface area (Å²) in [7, 11) is -4.57. The molecule has 1 aromatic heterocycles. The van der Waals surface area contributed by atoms with Crippen LogP contribution in [-0.4, -0.2) is 73.8 Å². The number of nitrogens with one attached hydrogen (secondary N) is 1. The number of rotatable bonds is 10. The monoisotopic (exact) mass is 720 g/mol. The maximum absolute atomic E-state index is 13.8. The van der Waals surface area contributed by atoms with Crippen LogP contribution in [0.3, 0.4) is 0 Å². The second-order valence-corrected chi connectivity index (χ2v) is 27.0. The predicted molar refractivity (Wildman–Crippen MR) is 198 cm³/mol. The van der Waals surface area contributed by atoms with E-state index in [2.05, 4.69) is 78.0 Å². The Bertz CT molecular complexity index is 1740. The van der Waals surface area contributed by atoms with Gasteiger partial charge in [-0.05, 0) is 59.5 Å². The van der Waals surface area contributed by atoms with Gasteiger partial charge in [0.05, 0.1) is 14.6 Å². The summed E-state index contributed by atoms with van der Waals surface area (Å²) in [5, 5.41) is 3.91. The number of nitrogens with zero attached hydrogens (tertiary/aromatic N) is 3. The Kier molecular flexibility index (Phi) is 10.4. The molecule has 2 saturated heterocycles. The van der Waals surface area contributed by atoms with Crippen LogP contribution >= 0.6 is 0 Å². The quantitative estimate of drug-likeness (QED) is 0.225. The molecule has 4 atom stereocenters. The molecule has 3 heterocycles. The van der Waals surface area contributed by atoms with E-state index in [0.717, 1.165) is 0 Å². The molecule has 2 aromatic carbocycles. The largest absolute Gasteiger partial charge is 0.484 e. The highest BCUT2D eigenvalue weighted by Crippen LogP contribution is 2.54. The average molecular weight is 721 g/mol. The number of anilines is 1. The lowest BCUT2D eigenvalue weighted by Crippen LogP contribution is -2.65. The molecule has 0 spiro atoms. The number of hydrogen-bond acceptors (Lipinski definition) is 8. The second kappa shape index (κ2) is 13.8. The van der Waals surface area contributed by atoms with Crippen LogP contribution in [0.1, 0.15) is 58.1 Å². The van der Waals surface area contributed by atoms with Gasteiger partial charge in [0.1, 0.15) is 23.3 Å². The summed E-state index contributed by atoms with van der Waals surface area (Å²) in [5.41, 5.74) is -1.18. The van der Waals surface area contributed by atoms with Crippen LogP contribution in [0.25, 0.3) is 0 Å². The zero-order chi connectivity index (χ0) is 36.7. The van der Waals surface area contributed by atoms with Crippen LogP contribution in [0.2, 0.25) is 42.3 Å². The van der Waals surface area contributed by atoms with Gasteiger partial charge in [0.25, 0.3) is 11.8 Å². The van der Waals surface area contributed by atoms with E-state index in [4.69, 9.17) is 18.7 Å². The molecule has 2 aliphatic rings. The van der Waals surface area contributed by atoms with E-state index in [-0.39, 0.29) is 40.9 Å². The Morgan fingerprint density at radius 3 is 2.14 bits per heavy atom. The molecule has 13 heteroatoms. The normalized spacial score (nSPS) is 22.7. The van der Waals surface area contributed by atoms with E-state index in [0.29, 0.717) is 17.4 Å². The molecule has 5 rings (SSSR count). The first kappa shape index (κ1) is 37.6. The minimum Gasteiger partial charge on any atom is -0.484 e. The minimum atomic E-state index is -2.44. The fraction of sp³-hybridized carbons (Fsp3) is 0.514. The van der Waals surface area contributed by atoms with Crippen molar-refractivity contribution in [3.63, 3.8) is 0 Å². The van der Waals surface area contributed by atoms with Crippen molar-refractivity contribution in [1.82, 2.24) is 14.6 Å². The zero-order valence-electron chi connectivity index (χ0n) is 31.0. The molecule has 50 heavy (non-hydrogen) atoms. The van der Waals surface area contributed by atoms with Crippen LogP contribution in [-0.2, 0) is 18.8 Å². The molecule has 0 radical (unpaired) electrons. The van der Waals surface area contributed by atoms with E-state index >= 15 is 0 Å². The van der Waals surface area contributed by atoms with Crippen molar-refractivity contribution >= 4 is 34.0 Å². The molecule has 2 bridgehead atoms. The lowest BCUT2D eigenvalue weighted by molar-refractivity contribution is -0.251. The van der Waals surface area contributed by atoms with Gasteiger partial charge in [-0.3, -0.25) is 19.0 Å². The molecule has 2 fully saturated rings. The van der Waals surface area contributed by atoms with Crippen molar-refractivity contribution in [2.24, 2.45) is 0 Å². The Hall–Kier alpha value is -3.63. The van der Waals surface area contributed by atoms with Crippen molar-refractivity contribution < 1.29 is 28.3 Å². The van der Waals surface area contributed by atoms with E-state index in [9.17, 15) is 14.4 Å². The minimum absolute atomic E-state index is 0.0131. The molecule has 11 nitrogen and oxygen atoms in total. The Morgan fingerprint density at radius 1 is 0.940 bits per heavy atom. The number of carbonyl (C=O) groups excluding carboxylic acids is 2. The number of aromatic nitrogens is 2. The molecular formula is C37H52N4O7Si2. The Morgan fingerprint density at radius 2 is 1.56 bits per heavy atom. The first-order chi connectivity index (χ1) is 23.2. The van der Waals surface area contributed by atoms with Gasteiger partial charge in [-0.2, -0.15) is 4.98 Å². The van der Waals surface area contributed by atoms with E-state index < -0.39 is 46.1 Å². The van der Waals surface area contributed by atoms with Gasteiger partial charge >= 0.3 is 5.69 Å². The van der Waals surface area contributed by atoms with Gasteiger partial charge in [-0.15, -0.1) is 0 Å². The maximum Gasteiger partial charge on any atom is 0.351 e. The van der Waals surface area contributed by atoms with Gasteiger partial charge < -0.3 is 19.2 Å². The number of ether oxygens (including phenoxy) is 2. The smallest absolute Gasteiger partial charge is 0.351 e. The molecule has 1 N–H and O–H groups in total. The summed E-state index contributed by atoms with van der Waals surface area (Å²) in [4.78, 5) is 51.1. The highest BCUT2D eigenvalue weighted by atomic mass is 28.4. The summed E-state index contributed by atoms with van der Waals surface area (Å²) in [5.74, 6) is -0.0587. The topological polar surface area (TPSA) is 121 Å². The first-order valence-corrected chi connectivity index (χ1v) is 23.3. The SMILES string of the molecule is CC(C)(C)[Si](C)(C)C[C@@]12CN(C(=O)COc3ccccc3)O[C@@H]([C@H](n3ccc(NC(=O)c4ccccc4)nc3=O)O1)[C@H]2O[Si](C)(C)C(C)(C)C. The van der Waals surface area contributed by atoms with E-state index in [1.165, 1.54) is 9.63 Å². The molecule has 0 saturated carbocycles. The fourth-order valence-corrected chi connectivity index (χ4v) is 9.68. The molecule has 0 unspecified atom stereocenters. The Balaban J connectivity index is 1.54. The summed E-state index contributed by atoms with van der Waals surface area (Å²) in [6.45, 7) is 22.2. The van der Waals surface area contributed by atoms with Crippen molar-refractivity contribution in [2.45, 2.75) is 108 Å². The van der Waals surface area contributed by atoms with Gasteiger partial charge in [-0.1, -0.05) is 91.0 Å². The van der Waals surface area contributed by atoms with Gasteiger partial charge in [0.15, 0.2) is 27.3 Å². The highest BCUT2D eigenvalue weighted by molar-refractivity contribution is 6.80. The van der Waals surface area contributed by atoms with Gasteiger partial charge in [0.2, 0.25) is 0 Å². The maximum atomic E-state index is 13.8. The standard InChI is InChI=1S/C37H52N4O7Si2/c1-35(2,3)49(7,8)25-37-24-41(29(42)23-45-27-19-15-12-16-20-27)47-30(31(37)48-50(9,10)36(4,5)6)33(46-37)40-22-21-28(39-34(40)44)38-32(43)26-17-13-11-14-18-26/h11-22,30-31,33H,23-25H2,1-10H3,(H,38,39,43,44)/t30-,31-,33-,37-/m1/s1. The zero-order valence-corrected chi connectivity index (χ0v) is 33.0. The lowest BCUT2D eigenvalue weighted by Gasteiger charge is -2.51. The number of benzene rings is 2. The average Bonchev–Trinajstić information content (AvgIpc) is 3.18. The van der Waals surface area contributed by atoms with Crippen molar-refractivity contribution in [1.29, 1.82) is 0 Å². The Labute approximate surface area is 297 Å². The molecule has 2 amide bonds. The van der Waals surface area contributed by atoms with Crippen LogP contribution in [0.4, 0.5) is 5.82 Å². The summed E-state index contributed by atoms with van der Waals surface area (Å²) in [6.07, 6.45) is -0.835. The van der Waals surface area contributed by atoms with Crippen LogP contribution in [0, 0.1) is 0 Å². The van der Waals surface area contributed by atoms with E-state index in [1.807, 2.05) is 24.3 Å².